The molecule has 0 atom stereocenters. The molecule has 0 saturated carbocycles. The molecule has 7 nitrogen and oxygen atoms in total. The summed E-state index contributed by atoms with van der Waals surface area (Å²) in [5.74, 6) is 1.31. The number of hydrogen-bond acceptors (Lipinski definition) is 5. The smallest absolute Gasteiger partial charge is 0.241 e. The highest BCUT2D eigenvalue weighted by Crippen LogP contribution is 2.27. The Hall–Kier alpha value is -2.93. The fraction of sp³-hybridized carbons (Fsp3) is 0.350. The summed E-state index contributed by atoms with van der Waals surface area (Å²) >= 11 is 0. The number of amides is 1. The first-order valence-corrected chi connectivity index (χ1v) is 9.44. The number of hydrogen-bond donors (Lipinski definition) is 0. The highest BCUT2D eigenvalue weighted by Gasteiger charge is 2.27. The number of fused-ring (bicyclic) bond motifs is 2. The van der Waals surface area contributed by atoms with E-state index in [1.165, 1.54) is 5.56 Å². The largest absolute Gasteiger partial charge is 0.355 e. The van der Waals surface area contributed by atoms with Gasteiger partial charge < -0.3 is 9.80 Å². The molecule has 0 aliphatic carbocycles. The van der Waals surface area contributed by atoms with Crippen LogP contribution in [0.3, 0.4) is 0 Å². The minimum absolute atomic E-state index is 0.203. The highest BCUT2D eigenvalue weighted by atomic mass is 16.2. The van der Waals surface area contributed by atoms with Crippen LogP contribution in [0.25, 0.3) is 5.65 Å². The van der Waals surface area contributed by atoms with E-state index < -0.39 is 0 Å². The van der Waals surface area contributed by atoms with E-state index in [1.807, 2.05) is 33.6 Å². The van der Waals surface area contributed by atoms with Gasteiger partial charge in [-0.3, -0.25) is 14.1 Å². The molecule has 2 aliphatic rings. The second-order valence-electron chi connectivity index (χ2n) is 7.13. The number of nitrogens with zero attached hydrogens (tertiary/aromatic N) is 6. The zero-order chi connectivity index (χ0) is 18.2. The lowest BCUT2D eigenvalue weighted by Crippen LogP contribution is -2.50. The fourth-order valence-electron chi connectivity index (χ4n) is 4.10. The van der Waals surface area contributed by atoms with Crippen molar-refractivity contribution in [2.75, 3.05) is 49.1 Å². The van der Waals surface area contributed by atoms with E-state index in [-0.39, 0.29) is 5.91 Å². The molecule has 1 aromatic carbocycles. The Kier molecular flexibility index (Phi) is 4.01. The predicted octanol–water partition coefficient (Wildman–Crippen LogP) is 1.44. The predicted molar refractivity (Wildman–Crippen MR) is 104 cm³/mol. The van der Waals surface area contributed by atoms with Crippen LogP contribution in [0.2, 0.25) is 0 Å². The van der Waals surface area contributed by atoms with Gasteiger partial charge in [-0.15, -0.1) is 10.2 Å². The van der Waals surface area contributed by atoms with Crippen molar-refractivity contribution in [1.82, 2.24) is 19.5 Å². The Bertz CT molecular complexity index is 975. The third-order valence-electron chi connectivity index (χ3n) is 5.55. The maximum Gasteiger partial charge on any atom is 0.241 e. The summed E-state index contributed by atoms with van der Waals surface area (Å²) in [5, 5.41) is 8.12. The van der Waals surface area contributed by atoms with Crippen LogP contribution in [0.4, 0.5) is 11.5 Å². The summed E-state index contributed by atoms with van der Waals surface area (Å²) in [5.41, 5.74) is 3.22. The zero-order valence-electron chi connectivity index (χ0n) is 15.2. The lowest BCUT2D eigenvalue weighted by molar-refractivity contribution is -0.119. The third kappa shape index (κ3) is 2.94. The molecule has 4 heterocycles. The minimum Gasteiger partial charge on any atom is -0.355 e. The van der Waals surface area contributed by atoms with Crippen molar-refractivity contribution in [2.24, 2.45) is 0 Å². The number of piperazine rings is 1. The number of carbonyl (C=O) groups excluding carboxylic acids is 1. The topological polar surface area (TPSA) is 57.0 Å². The van der Waals surface area contributed by atoms with Gasteiger partial charge in [0.2, 0.25) is 5.91 Å². The molecule has 0 bridgehead atoms. The number of pyridine rings is 1. The first kappa shape index (κ1) is 16.3. The maximum absolute atomic E-state index is 12.8. The van der Waals surface area contributed by atoms with Gasteiger partial charge in [-0.25, -0.2) is 0 Å². The monoisotopic (exact) mass is 362 g/mol. The van der Waals surface area contributed by atoms with Gasteiger partial charge in [0.25, 0.3) is 0 Å². The molecule has 0 N–H and O–H groups in total. The summed E-state index contributed by atoms with van der Waals surface area (Å²) in [7, 11) is 0. The summed E-state index contributed by atoms with van der Waals surface area (Å²) in [6, 6.07) is 14.3. The van der Waals surface area contributed by atoms with Crippen molar-refractivity contribution in [3.05, 3.63) is 54.4 Å². The molecule has 0 radical (unpaired) electrons. The summed E-state index contributed by atoms with van der Waals surface area (Å²) in [6.45, 7) is 4.81. The van der Waals surface area contributed by atoms with E-state index in [0.717, 1.165) is 56.3 Å². The van der Waals surface area contributed by atoms with Gasteiger partial charge >= 0.3 is 0 Å². The molecule has 0 spiro atoms. The summed E-state index contributed by atoms with van der Waals surface area (Å²) in [6.07, 6.45) is 2.71. The van der Waals surface area contributed by atoms with Crippen molar-refractivity contribution in [2.45, 2.75) is 6.42 Å². The van der Waals surface area contributed by atoms with E-state index in [0.29, 0.717) is 6.54 Å². The fourth-order valence-corrected chi connectivity index (χ4v) is 4.10. The Morgan fingerprint density at radius 1 is 0.963 bits per heavy atom. The number of carbonyl (C=O) groups is 1. The standard InChI is InChI=1S/C20H22N6O/c27-20(25-9-8-16-4-1-2-5-17(16)25)14-23-10-12-24(13-11-23)19-7-3-6-18-22-21-15-26(18)19/h1-7,15H,8-14H2. The molecule has 2 aliphatic heterocycles. The Morgan fingerprint density at radius 2 is 1.81 bits per heavy atom. The van der Waals surface area contributed by atoms with Gasteiger partial charge in [0.05, 0.1) is 6.54 Å². The lowest BCUT2D eigenvalue weighted by Gasteiger charge is -2.36. The average molecular weight is 362 g/mol. The molecule has 138 valence electrons. The van der Waals surface area contributed by atoms with Crippen molar-refractivity contribution in [3.8, 4) is 0 Å². The van der Waals surface area contributed by atoms with Crippen LogP contribution in [0.1, 0.15) is 5.56 Å². The van der Waals surface area contributed by atoms with E-state index in [9.17, 15) is 4.79 Å². The SMILES string of the molecule is O=C(CN1CCN(c2cccc3nncn23)CC1)N1CCc2ccccc21. The van der Waals surface area contributed by atoms with Gasteiger partial charge in [-0.05, 0) is 30.2 Å². The van der Waals surface area contributed by atoms with Crippen LogP contribution in [-0.4, -0.2) is 64.7 Å². The molecule has 1 fully saturated rings. The number of rotatable bonds is 3. The minimum atomic E-state index is 0.203. The Morgan fingerprint density at radius 3 is 2.70 bits per heavy atom. The van der Waals surface area contributed by atoms with Crippen molar-refractivity contribution >= 4 is 23.1 Å². The van der Waals surface area contributed by atoms with Crippen molar-refractivity contribution < 1.29 is 4.79 Å². The van der Waals surface area contributed by atoms with Crippen molar-refractivity contribution in [3.63, 3.8) is 0 Å². The first-order chi connectivity index (χ1) is 13.3. The van der Waals surface area contributed by atoms with Crippen LogP contribution in [0.5, 0.6) is 0 Å². The number of anilines is 2. The molecular formula is C20H22N6O. The molecule has 2 aromatic heterocycles. The van der Waals surface area contributed by atoms with Crippen LogP contribution in [0, 0.1) is 0 Å². The molecule has 0 unspecified atom stereocenters. The van der Waals surface area contributed by atoms with E-state index in [1.54, 1.807) is 6.33 Å². The maximum atomic E-state index is 12.8. The molecule has 5 rings (SSSR count). The van der Waals surface area contributed by atoms with E-state index >= 15 is 0 Å². The van der Waals surface area contributed by atoms with Gasteiger partial charge in [0.15, 0.2) is 5.65 Å². The van der Waals surface area contributed by atoms with Crippen LogP contribution in [0.15, 0.2) is 48.8 Å². The van der Waals surface area contributed by atoms with Gasteiger partial charge in [0.1, 0.15) is 12.1 Å². The van der Waals surface area contributed by atoms with Gasteiger partial charge in [-0.2, -0.15) is 0 Å². The second kappa shape index (κ2) is 6.66. The van der Waals surface area contributed by atoms with Gasteiger partial charge in [-0.1, -0.05) is 24.3 Å². The van der Waals surface area contributed by atoms with Gasteiger partial charge in [0, 0.05) is 38.4 Å². The van der Waals surface area contributed by atoms with E-state index in [2.05, 4.69) is 38.2 Å². The highest BCUT2D eigenvalue weighted by molar-refractivity contribution is 5.96. The molecule has 1 amide bonds. The lowest BCUT2D eigenvalue weighted by atomic mass is 10.2. The number of benzene rings is 1. The summed E-state index contributed by atoms with van der Waals surface area (Å²) in [4.78, 5) is 19.4. The Labute approximate surface area is 157 Å². The number of aromatic nitrogens is 3. The normalized spacial score (nSPS) is 17.5. The molecule has 1 saturated heterocycles. The quantitative estimate of drug-likeness (QED) is 0.706. The second-order valence-corrected chi connectivity index (χ2v) is 7.13. The van der Waals surface area contributed by atoms with Crippen molar-refractivity contribution in [1.29, 1.82) is 0 Å². The molecular weight excluding hydrogens is 340 g/mol. The summed E-state index contributed by atoms with van der Waals surface area (Å²) < 4.78 is 2.02. The zero-order valence-corrected chi connectivity index (χ0v) is 15.2. The third-order valence-corrected chi connectivity index (χ3v) is 5.55. The van der Waals surface area contributed by atoms with Crippen LogP contribution < -0.4 is 9.80 Å². The molecule has 7 heteroatoms. The van der Waals surface area contributed by atoms with Crippen LogP contribution in [-0.2, 0) is 11.2 Å². The van der Waals surface area contributed by atoms with E-state index in [4.69, 9.17) is 0 Å². The molecule has 3 aromatic rings. The molecule has 27 heavy (non-hydrogen) atoms. The average Bonchev–Trinajstić information content (AvgIpc) is 3.35. The van der Waals surface area contributed by atoms with Crippen LogP contribution >= 0.6 is 0 Å². The first-order valence-electron chi connectivity index (χ1n) is 9.44. The Balaban J connectivity index is 1.23. The number of para-hydroxylation sites is 1.